The molecule has 9 nitrogen and oxygen atoms in total. The third kappa shape index (κ3) is 5.13. The molecule has 6 rings (SSSR count). The number of ketones is 1. The summed E-state index contributed by atoms with van der Waals surface area (Å²) in [5, 5.41) is 18.8. The molecule has 0 amide bonds. The number of benzene rings is 2. The molecule has 3 heterocycles. The van der Waals surface area contributed by atoms with Crippen LogP contribution in [0, 0.1) is 5.82 Å². The van der Waals surface area contributed by atoms with Gasteiger partial charge in [-0.2, -0.15) is 0 Å². The van der Waals surface area contributed by atoms with Gasteiger partial charge in [0.1, 0.15) is 11.4 Å². The molecule has 2 aromatic heterocycles. The summed E-state index contributed by atoms with van der Waals surface area (Å²) in [4.78, 5) is 40.7. The van der Waals surface area contributed by atoms with Crippen LogP contribution in [-0.2, 0) is 0 Å². The Balaban J connectivity index is 1.15. The van der Waals surface area contributed by atoms with Gasteiger partial charge in [0, 0.05) is 49.4 Å². The first-order valence-electron chi connectivity index (χ1n) is 12.5. The Morgan fingerprint density at radius 2 is 1.77 bits per heavy atom. The standard InChI is InChI=1S/C27H24FN5O4S2/c28-20-12-18-21(33(17-6-7-17)14-19(24(18)35)25(36)37)13-22(20)31-8-10-32(11-9-31)26-29-30-27(39-26)38-15-23(34)16-4-2-1-3-5-16/h1-5,12-14,17H,6-11,15H2,(H,36,37). The predicted octanol–water partition coefficient (Wildman–Crippen LogP) is 4.33. The number of fused-ring (bicyclic) bond motifs is 1. The van der Waals surface area contributed by atoms with Crippen molar-refractivity contribution in [3.8, 4) is 0 Å². The molecule has 0 unspecified atom stereocenters. The number of thioether (sulfide) groups is 1. The fourth-order valence-electron chi connectivity index (χ4n) is 4.77. The van der Waals surface area contributed by atoms with Crippen molar-refractivity contribution in [1.82, 2.24) is 14.8 Å². The van der Waals surface area contributed by atoms with Crippen molar-refractivity contribution in [1.29, 1.82) is 0 Å². The molecule has 2 aromatic carbocycles. The number of rotatable bonds is 8. The third-order valence-corrected chi connectivity index (χ3v) is 9.10. The van der Waals surface area contributed by atoms with Crippen LogP contribution in [0.25, 0.3) is 10.9 Å². The maximum absolute atomic E-state index is 15.3. The lowest BCUT2D eigenvalue weighted by molar-refractivity contribution is 0.0694. The Labute approximate surface area is 230 Å². The van der Waals surface area contributed by atoms with Crippen LogP contribution >= 0.6 is 23.1 Å². The molecule has 4 aromatic rings. The number of hydrogen-bond donors (Lipinski definition) is 1. The molecule has 12 heteroatoms. The molecule has 1 aliphatic heterocycles. The van der Waals surface area contributed by atoms with Gasteiger partial charge >= 0.3 is 5.97 Å². The van der Waals surface area contributed by atoms with E-state index in [4.69, 9.17) is 0 Å². The predicted molar refractivity (Wildman–Crippen MR) is 149 cm³/mol. The first-order chi connectivity index (χ1) is 18.9. The van der Waals surface area contributed by atoms with E-state index in [2.05, 4.69) is 15.1 Å². The zero-order valence-electron chi connectivity index (χ0n) is 20.7. The average molecular weight is 566 g/mol. The number of nitrogens with zero attached hydrogens (tertiary/aromatic N) is 5. The number of carbonyl (C=O) groups excluding carboxylic acids is 1. The fraction of sp³-hybridized carbons (Fsp3) is 0.296. The lowest BCUT2D eigenvalue weighted by Crippen LogP contribution is -2.46. The number of aromatic carboxylic acids is 1. The summed E-state index contributed by atoms with van der Waals surface area (Å²) < 4.78 is 17.8. The van der Waals surface area contributed by atoms with Crippen molar-refractivity contribution in [3.63, 3.8) is 0 Å². The van der Waals surface area contributed by atoms with E-state index in [1.165, 1.54) is 35.4 Å². The van der Waals surface area contributed by atoms with Gasteiger partial charge in [-0.15, -0.1) is 10.2 Å². The zero-order valence-corrected chi connectivity index (χ0v) is 22.4. The number of aromatic nitrogens is 3. The van der Waals surface area contributed by atoms with E-state index < -0.39 is 17.2 Å². The molecule has 2 fully saturated rings. The number of anilines is 2. The van der Waals surface area contributed by atoms with Gasteiger partial charge in [-0.1, -0.05) is 53.4 Å². The summed E-state index contributed by atoms with van der Waals surface area (Å²) in [5.41, 5.74) is 0.617. The minimum atomic E-state index is -1.31. The van der Waals surface area contributed by atoms with Crippen molar-refractivity contribution in [3.05, 3.63) is 75.8 Å². The van der Waals surface area contributed by atoms with Gasteiger partial charge in [0.2, 0.25) is 10.6 Å². The van der Waals surface area contributed by atoms with Crippen molar-refractivity contribution in [2.75, 3.05) is 41.7 Å². The topological polar surface area (TPSA) is 109 Å². The van der Waals surface area contributed by atoms with Gasteiger partial charge in [0.15, 0.2) is 10.1 Å². The fourth-order valence-corrected chi connectivity index (χ4v) is 6.56. The maximum Gasteiger partial charge on any atom is 0.341 e. The molecular weight excluding hydrogens is 541 g/mol. The van der Waals surface area contributed by atoms with E-state index in [1.807, 2.05) is 27.7 Å². The Morgan fingerprint density at radius 3 is 2.46 bits per heavy atom. The van der Waals surface area contributed by atoms with Crippen molar-refractivity contribution < 1.29 is 19.1 Å². The van der Waals surface area contributed by atoms with E-state index in [0.717, 1.165) is 22.3 Å². The van der Waals surface area contributed by atoms with Crippen molar-refractivity contribution in [2.45, 2.75) is 23.2 Å². The van der Waals surface area contributed by atoms with E-state index >= 15 is 4.39 Å². The van der Waals surface area contributed by atoms with Crippen LogP contribution < -0.4 is 15.2 Å². The first kappa shape index (κ1) is 25.5. The van der Waals surface area contributed by atoms with Crippen LogP contribution in [0.5, 0.6) is 0 Å². The smallest absolute Gasteiger partial charge is 0.341 e. The molecule has 1 saturated carbocycles. The second-order valence-corrected chi connectivity index (χ2v) is 11.7. The third-order valence-electron chi connectivity index (χ3n) is 6.98. The molecule has 200 valence electrons. The summed E-state index contributed by atoms with van der Waals surface area (Å²) in [6.45, 7) is 2.29. The van der Waals surface area contributed by atoms with E-state index in [9.17, 15) is 19.5 Å². The van der Waals surface area contributed by atoms with Gasteiger partial charge in [0.05, 0.1) is 17.0 Å². The van der Waals surface area contributed by atoms with Crippen LogP contribution in [0.4, 0.5) is 15.2 Å². The lowest BCUT2D eigenvalue weighted by atomic mass is 10.1. The zero-order chi connectivity index (χ0) is 27.1. The maximum atomic E-state index is 15.3. The molecule has 0 atom stereocenters. The highest BCUT2D eigenvalue weighted by atomic mass is 32.2. The second kappa shape index (κ2) is 10.4. The molecule has 1 aliphatic carbocycles. The van der Waals surface area contributed by atoms with Crippen LogP contribution in [0.15, 0.2) is 57.8 Å². The van der Waals surface area contributed by atoms with Crippen molar-refractivity contribution >= 4 is 56.6 Å². The quantitative estimate of drug-likeness (QED) is 0.247. The van der Waals surface area contributed by atoms with Crippen LogP contribution in [0.3, 0.4) is 0 Å². The molecule has 0 radical (unpaired) electrons. The number of carboxylic acid groups (broad SMARTS) is 1. The van der Waals surface area contributed by atoms with Crippen LogP contribution in [-0.4, -0.2) is 63.6 Å². The number of carboxylic acids is 1. The number of halogens is 1. The lowest BCUT2D eigenvalue weighted by Gasteiger charge is -2.36. The first-order valence-corrected chi connectivity index (χ1v) is 14.4. The summed E-state index contributed by atoms with van der Waals surface area (Å²) in [6.07, 6.45) is 3.18. The highest BCUT2D eigenvalue weighted by Gasteiger charge is 2.29. The summed E-state index contributed by atoms with van der Waals surface area (Å²) in [5.74, 6) is -1.53. The Morgan fingerprint density at radius 1 is 1.05 bits per heavy atom. The van der Waals surface area contributed by atoms with Crippen molar-refractivity contribution in [2.24, 2.45) is 0 Å². The number of Topliss-reactive ketones (excluding diaryl/α,β-unsaturated/α-hetero) is 1. The van der Waals surface area contributed by atoms with Gasteiger partial charge in [-0.3, -0.25) is 9.59 Å². The monoisotopic (exact) mass is 565 g/mol. The minimum Gasteiger partial charge on any atom is -0.477 e. The average Bonchev–Trinajstić information content (AvgIpc) is 3.69. The van der Waals surface area contributed by atoms with Gasteiger partial charge in [-0.25, -0.2) is 9.18 Å². The van der Waals surface area contributed by atoms with Gasteiger partial charge in [-0.05, 0) is 25.0 Å². The summed E-state index contributed by atoms with van der Waals surface area (Å²) >= 11 is 2.80. The highest BCUT2D eigenvalue weighted by molar-refractivity contribution is 8.01. The normalized spacial score (nSPS) is 15.6. The number of hydrogen-bond acceptors (Lipinski definition) is 9. The van der Waals surface area contributed by atoms with Gasteiger partial charge in [0.25, 0.3) is 0 Å². The second-order valence-electron chi connectivity index (χ2n) is 9.54. The van der Waals surface area contributed by atoms with E-state index in [0.29, 0.717) is 42.9 Å². The summed E-state index contributed by atoms with van der Waals surface area (Å²) in [7, 11) is 0. The van der Waals surface area contributed by atoms with Crippen LogP contribution in [0.1, 0.15) is 39.6 Å². The number of carbonyl (C=O) groups is 2. The summed E-state index contributed by atoms with van der Waals surface area (Å²) in [6, 6.07) is 12.1. The van der Waals surface area contributed by atoms with E-state index in [1.54, 1.807) is 18.2 Å². The molecule has 0 bridgehead atoms. The number of piperazine rings is 1. The Bertz CT molecular complexity index is 1630. The highest BCUT2D eigenvalue weighted by Crippen LogP contribution is 2.38. The molecule has 1 saturated heterocycles. The molecule has 2 aliphatic rings. The molecule has 39 heavy (non-hydrogen) atoms. The SMILES string of the molecule is O=C(CSc1nnc(N2CCN(c3cc4c(cc3F)c(=O)c(C(=O)O)cn4C3CC3)CC2)s1)c1ccccc1. The molecular formula is C27H24FN5O4S2. The Hall–Kier alpha value is -3.77. The van der Waals surface area contributed by atoms with Crippen LogP contribution in [0.2, 0.25) is 0 Å². The Kier molecular flexibility index (Phi) is 6.81. The minimum absolute atomic E-state index is 0.0367. The van der Waals surface area contributed by atoms with E-state index in [-0.39, 0.29) is 28.5 Å². The largest absolute Gasteiger partial charge is 0.477 e. The number of pyridine rings is 1. The molecule has 1 N–H and O–H groups in total. The molecule has 0 spiro atoms. The van der Waals surface area contributed by atoms with Gasteiger partial charge < -0.3 is 19.5 Å².